The van der Waals surface area contributed by atoms with Gasteiger partial charge in [-0.2, -0.15) is 10.2 Å². The highest BCUT2D eigenvalue weighted by molar-refractivity contribution is 6.30. The fourth-order valence-electron chi connectivity index (χ4n) is 3.98. The molecule has 2 heterocycles. The molecule has 0 amide bonds. The van der Waals surface area contributed by atoms with E-state index >= 15 is 0 Å². The summed E-state index contributed by atoms with van der Waals surface area (Å²) in [5.74, 6) is 1.66. The van der Waals surface area contributed by atoms with E-state index in [0.717, 1.165) is 28.6 Å². The van der Waals surface area contributed by atoms with Crippen LogP contribution in [0.15, 0.2) is 42.5 Å². The highest BCUT2D eigenvalue weighted by Crippen LogP contribution is 2.24. The maximum atomic E-state index is 5.93. The van der Waals surface area contributed by atoms with Gasteiger partial charge in [-0.3, -0.25) is 0 Å². The van der Waals surface area contributed by atoms with Crippen LogP contribution < -0.4 is 0 Å². The summed E-state index contributed by atoms with van der Waals surface area (Å²) in [6, 6.07) is 13.5. The number of aromatic nitrogens is 4. The van der Waals surface area contributed by atoms with Crippen LogP contribution in [-0.4, -0.2) is 20.0 Å². The van der Waals surface area contributed by atoms with Gasteiger partial charge in [0.05, 0.1) is 17.1 Å². The predicted molar refractivity (Wildman–Crippen MR) is 208 cm³/mol. The van der Waals surface area contributed by atoms with Gasteiger partial charge in [-0.15, -0.1) is 5.10 Å². The van der Waals surface area contributed by atoms with Gasteiger partial charge in [0.15, 0.2) is 5.82 Å². The summed E-state index contributed by atoms with van der Waals surface area (Å²) in [6.07, 6.45) is 22.3. The lowest BCUT2D eigenvalue weighted by atomic mass is 10.0. The van der Waals surface area contributed by atoms with Gasteiger partial charge >= 0.3 is 0 Å². The van der Waals surface area contributed by atoms with Crippen LogP contribution in [0.1, 0.15) is 176 Å². The molecule has 1 aromatic carbocycles. The smallest absolute Gasteiger partial charge is 0.176 e. The molecule has 4 nitrogen and oxygen atoms in total. The fraction of sp³-hybridized carbons (Fsp3) is 0.683. The van der Waals surface area contributed by atoms with Crippen molar-refractivity contribution in [2.24, 2.45) is 5.92 Å². The molecule has 0 radical (unpaired) electrons. The minimum atomic E-state index is 0.702. The topological polar surface area (TPSA) is 43.6 Å². The molecule has 0 N–H and O–H groups in total. The Labute approximate surface area is 291 Å². The van der Waals surface area contributed by atoms with E-state index in [1.54, 1.807) is 4.68 Å². The number of aryl methyl sites for hydroxylation is 2. The van der Waals surface area contributed by atoms with Gasteiger partial charge in [0.1, 0.15) is 0 Å². The molecular formula is C41H73ClN4. The number of rotatable bonds is 15. The summed E-state index contributed by atoms with van der Waals surface area (Å²) in [6.45, 7) is 24.0. The predicted octanol–water partition coefficient (Wildman–Crippen LogP) is 14.6. The van der Waals surface area contributed by atoms with Crippen molar-refractivity contribution in [1.82, 2.24) is 20.0 Å². The molecule has 2 aromatic heterocycles. The summed E-state index contributed by atoms with van der Waals surface area (Å²) in [5.41, 5.74) is 3.82. The Morgan fingerprint density at radius 1 is 0.587 bits per heavy atom. The van der Waals surface area contributed by atoms with Crippen LogP contribution in [0, 0.1) is 19.8 Å². The molecular weight excluding hydrogens is 584 g/mol. The van der Waals surface area contributed by atoms with E-state index < -0.39 is 0 Å². The minimum Gasteiger partial charge on any atom is -0.213 e. The molecule has 1 atom stereocenters. The Morgan fingerprint density at radius 3 is 1.52 bits per heavy atom. The van der Waals surface area contributed by atoms with E-state index in [2.05, 4.69) is 77.6 Å². The number of nitrogens with zero attached hydrogens (tertiary/aromatic N) is 4. The van der Waals surface area contributed by atoms with Crippen molar-refractivity contribution >= 4 is 11.6 Å². The van der Waals surface area contributed by atoms with Gasteiger partial charge in [-0.05, 0) is 50.1 Å². The first-order chi connectivity index (χ1) is 22.2. The van der Waals surface area contributed by atoms with Crippen molar-refractivity contribution in [2.45, 2.75) is 179 Å². The van der Waals surface area contributed by atoms with Gasteiger partial charge in [-0.25, -0.2) is 4.68 Å². The van der Waals surface area contributed by atoms with Crippen LogP contribution in [0.3, 0.4) is 0 Å². The number of hydrogen-bond donors (Lipinski definition) is 0. The molecule has 0 spiro atoms. The molecule has 5 heteroatoms. The van der Waals surface area contributed by atoms with E-state index in [1.165, 1.54) is 103 Å². The maximum Gasteiger partial charge on any atom is 0.176 e. The highest BCUT2D eigenvalue weighted by Gasteiger charge is 2.11. The second kappa shape index (κ2) is 32.7. The van der Waals surface area contributed by atoms with Crippen molar-refractivity contribution in [3.05, 3.63) is 58.9 Å². The maximum absolute atomic E-state index is 5.93. The third-order valence-corrected chi connectivity index (χ3v) is 7.93. The minimum absolute atomic E-state index is 0.702. The van der Waals surface area contributed by atoms with E-state index in [0.29, 0.717) is 10.8 Å². The number of halogens is 1. The lowest BCUT2D eigenvalue weighted by Gasteiger charge is -2.06. The molecule has 0 saturated heterocycles. The molecule has 1 unspecified atom stereocenters. The largest absolute Gasteiger partial charge is 0.213 e. The quantitative estimate of drug-likeness (QED) is 0.153. The van der Waals surface area contributed by atoms with Crippen LogP contribution in [0.4, 0.5) is 0 Å². The van der Waals surface area contributed by atoms with E-state index in [1.807, 2.05) is 56.3 Å². The van der Waals surface area contributed by atoms with Gasteiger partial charge in [-0.1, -0.05) is 189 Å². The van der Waals surface area contributed by atoms with Crippen LogP contribution in [0.25, 0.3) is 17.1 Å². The fourth-order valence-corrected chi connectivity index (χ4v) is 4.11. The second-order valence-corrected chi connectivity index (χ2v) is 12.8. The summed E-state index contributed by atoms with van der Waals surface area (Å²) in [5, 5.41) is 13.5. The second-order valence-electron chi connectivity index (χ2n) is 12.4. The Kier molecular flexibility index (Phi) is 32.7. The zero-order chi connectivity index (χ0) is 35.0. The average molecular weight is 658 g/mol. The monoisotopic (exact) mass is 657 g/mol. The van der Waals surface area contributed by atoms with Gasteiger partial charge in [0.2, 0.25) is 0 Å². The van der Waals surface area contributed by atoms with Crippen LogP contribution >= 0.6 is 11.6 Å². The Balaban J connectivity index is 0. The molecule has 0 aliphatic rings. The molecule has 46 heavy (non-hydrogen) atoms. The standard InChI is InChI=1S/C15H13ClN4.2C9H20.2C4H10/c1-10-3-8-15(18-17-10)20-14(9-11(2)19-20)12-4-6-13(16)7-5-12;1-4-6-7-8-9(3)5-2;1-3-5-7-9-8-6-4-2;2*1-3-4-2/h3-9H,1-2H3;9H,4-8H2,1-3H3;3-9H2,1-2H3;2*3-4H2,1-2H3. The summed E-state index contributed by atoms with van der Waals surface area (Å²) in [4.78, 5) is 0. The van der Waals surface area contributed by atoms with E-state index in [9.17, 15) is 0 Å². The zero-order valence-electron chi connectivity index (χ0n) is 32.1. The first-order valence-electron chi connectivity index (χ1n) is 18.8. The average Bonchev–Trinajstić information content (AvgIpc) is 3.47. The number of benzene rings is 1. The molecule has 0 aliphatic carbocycles. The zero-order valence-corrected chi connectivity index (χ0v) is 32.9. The van der Waals surface area contributed by atoms with Crippen LogP contribution in [-0.2, 0) is 0 Å². The number of unbranched alkanes of at least 4 members (excludes halogenated alkanes) is 10. The molecule has 0 saturated carbocycles. The molecule has 0 bridgehead atoms. The van der Waals surface area contributed by atoms with Crippen molar-refractivity contribution in [3.63, 3.8) is 0 Å². The molecule has 264 valence electrons. The Bertz CT molecular complexity index is 951. The van der Waals surface area contributed by atoms with Crippen molar-refractivity contribution in [3.8, 4) is 17.1 Å². The van der Waals surface area contributed by atoms with E-state index in [4.69, 9.17) is 11.6 Å². The van der Waals surface area contributed by atoms with Crippen molar-refractivity contribution < 1.29 is 0 Å². The summed E-state index contributed by atoms with van der Waals surface area (Å²) < 4.78 is 1.80. The third-order valence-electron chi connectivity index (χ3n) is 7.68. The number of hydrogen-bond acceptors (Lipinski definition) is 3. The van der Waals surface area contributed by atoms with Crippen molar-refractivity contribution in [1.29, 1.82) is 0 Å². The molecule has 3 aromatic rings. The summed E-state index contributed by atoms with van der Waals surface area (Å²) >= 11 is 5.93. The van der Waals surface area contributed by atoms with Crippen molar-refractivity contribution in [2.75, 3.05) is 0 Å². The van der Waals surface area contributed by atoms with E-state index in [-0.39, 0.29) is 0 Å². The highest BCUT2D eigenvalue weighted by atomic mass is 35.5. The Hall–Kier alpha value is -2.20. The lowest BCUT2D eigenvalue weighted by molar-refractivity contribution is 0.482. The normalized spacial score (nSPS) is 10.6. The third kappa shape index (κ3) is 25.0. The molecule has 0 aliphatic heterocycles. The Morgan fingerprint density at radius 2 is 1.09 bits per heavy atom. The van der Waals surface area contributed by atoms with Gasteiger partial charge in [0.25, 0.3) is 0 Å². The first-order valence-corrected chi connectivity index (χ1v) is 19.2. The van der Waals surface area contributed by atoms with Crippen LogP contribution in [0.5, 0.6) is 0 Å². The molecule has 0 fully saturated rings. The summed E-state index contributed by atoms with van der Waals surface area (Å²) in [7, 11) is 0. The van der Waals surface area contributed by atoms with Gasteiger partial charge < -0.3 is 0 Å². The molecule has 3 rings (SSSR count). The SMILES string of the molecule is CCCC.CCCC.CCCCCC(C)CC.CCCCCCCCC.Cc1ccc(-n2nc(C)cc2-c2ccc(Cl)cc2)nn1. The van der Waals surface area contributed by atoms with Crippen LogP contribution in [0.2, 0.25) is 5.02 Å². The van der Waals surface area contributed by atoms with Gasteiger partial charge in [0, 0.05) is 10.6 Å². The lowest BCUT2D eigenvalue weighted by Crippen LogP contribution is -2.03. The first kappa shape index (κ1) is 45.9.